The Morgan fingerprint density at radius 3 is 3.12 bits per heavy atom. The third-order valence-corrected chi connectivity index (χ3v) is 2.83. The molecule has 1 aliphatic heterocycles. The molecule has 3 rings (SSSR count). The van der Waals surface area contributed by atoms with Crippen molar-refractivity contribution in [3.8, 4) is 5.88 Å². The van der Waals surface area contributed by atoms with Crippen molar-refractivity contribution in [2.45, 2.75) is 12.5 Å². The monoisotopic (exact) mass is 215 g/mol. The number of rotatable bonds is 2. The third kappa shape index (κ3) is 1.72. The Hall–Kier alpha value is -1.68. The minimum absolute atomic E-state index is 0.222. The number of hydrogen-bond donors (Lipinski definition) is 1. The highest BCUT2D eigenvalue weighted by Gasteiger charge is 2.17. The van der Waals surface area contributed by atoms with E-state index < -0.39 is 0 Å². The van der Waals surface area contributed by atoms with Gasteiger partial charge in [0.15, 0.2) is 0 Å². The first-order chi connectivity index (χ1) is 7.93. The summed E-state index contributed by atoms with van der Waals surface area (Å²) in [5.41, 5.74) is 0. The molecule has 0 amide bonds. The predicted octanol–water partition coefficient (Wildman–Crippen LogP) is 1.37. The van der Waals surface area contributed by atoms with Gasteiger partial charge in [-0.25, -0.2) is 0 Å². The number of fused-ring (bicyclic) bond motifs is 1. The highest BCUT2D eigenvalue weighted by molar-refractivity contribution is 5.85. The average molecular weight is 215 g/mol. The Kier molecular flexibility index (Phi) is 2.42. The highest BCUT2D eigenvalue weighted by Crippen LogP contribution is 2.23. The second-order valence-electron chi connectivity index (χ2n) is 3.97. The Labute approximate surface area is 93.6 Å². The molecule has 0 saturated carbocycles. The number of nitrogens with one attached hydrogen (secondary N) is 1. The van der Waals surface area contributed by atoms with E-state index in [4.69, 9.17) is 4.74 Å². The van der Waals surface area contributed by atoms with Gasteiger partial charge in [-0.2, -0.15) is 5.10 Å². The van der Waals surface area contributed by atoms with E-state index in [2.05, 4.69) is 15.5 Å². The molecule has 0 bridgehead atoms. The molecular weight excluding hydrogens is 202 g/mol. The molecule has 16 heavy (non-hydrogen) atoms. The standard InChI is InChI=1S/C12H13N3O/c1-2-4-11-9(3-1)7-14-15-12(11)16-10-5-6-13-8-10/h1-4,7,10,13H,5-6,8H2/t10-/m1/s1. The van der Waals surface area contributed by atoms with Crippen molar-refractivity contribution in [1.82, 2.24) is 15.5 Å². The number of aromatic nitrogens is 2. The molecule has 0 aliphatic carbocycles. The SMILES string of the molecule is c1ccc2c(O[C@@H]3CCNC3)nncc2c1. The third-order valence-electron chi connectivity index (χ3n) is 2.83. The molecule has 4 heteroatoms. The van der Waals surface area contributed by atoms with Crippen LogP contribution in [0.5, 0.6) is 5.88 Å². The molecule has 2 heterocycles. The fourth-order valence-corrected chi connectivity index (χ4v) is 1.98. The van der Waals surface area contributed by atoms with E-state index in [1.807, 2.05) is 24.3 Å². The lowest BCUT2D eigenvalue weighted by molar-refractivity contribution is 0.215. The van der Waals surface area contributed by atoms with Gasteiger partial charge in [-0.15, -0.1) is 5.10 Å². The fraction of sp³-hybridized carbons (Fsp3) is 0.333. The molecule has 1 aromatic carbocycles. The lowest BCUT2D eigenvalue weighted by Gasteiger charge is -2.12. The van der Waals surface area contributed by atoms with E-state index >= 15 is 0 Å². The molecule has 82 valence electrons. The number of benzene rings is 1. The average Bonchev–Trinajstić information content (AvgIpc) is 2.82. The number of ether oxygens (including phenoxy) is 1. The van der Waals surface area contributed by atoms with Crippen molar-refractivity contribution in [2.75, 3.05) is 13.1 Å². The summed E-state index contributed by atoms with van der Waals surface area (Å²) in [4.78, 5) is 0. The Morgan fingerprint density at radius 1 is 1.31 bits per heavy atom. The maximum atomic E-state index is 5.85. The van der Waals surface area contributed by atoms with E-state index in [0.717, 1.165) is 30.3 Å². The van der Waals surface area contributed by atoms with Crippen molar-refractivity contribution in [3.63, 3.8) is 0 Å². The van der Waals surface area contributed by atoms with Gasteiger partial charge in [0.2, 0.25) is 5.88 Å². The number of nitrogens with zero attached hydrogens (tertiary/aromatic N) is 2. The Bertz CT molecular complexity index is 489. The van der Waals surface area contributed by atoms with Crippen LogP contribution in [0.25, 0.3) is 10.8 Å². The molecule has 0 spiro atoms. The molecule has 4 nitrogen and oxygen atoms in total. The molecule has 2 aromatic rings. The maximum Gasteiger partial charge on any atom is 0.241 e. The number of hydrogen-bond acceptors (Lipinski definition) is 4. The van der Waals surface area contributed by atoms with Crippen LogP contribution in [0.15, 0.2) is 30.5 Å². The largest absolute Gasteiger partial charge is 0.471 e. The van der Waals surface area contributed by atoms with Crippen LogP contribution in [-0.2, 0) is 0 Å². The smallest absolute Gasteiger partial charge is 0.241 e. The quantitative estimate of drug-likeness (QED) is 0.822. The highest BCUT2D eigenvalue weighted by atomic mass is 16.5. The van der Waals surface area contributed by atoms with Crippen molar-refractivity contribution in [3.05, 3.63) is 30.5 Å². The minimum atomic E-state index is 0.222. The summed E-state index contributed by atoms with van der Waals surface area (Å²) < 4.78 is 5.85. The molecule has 1 saturated heterocycles. The Balaban J connectivity index is 1.96. The van der Waals surface area contributed by atoms with Crippen LogP contribution in [0.3, 0.4) is 0 Å². The summed E-state index contributed by atoms with van der Waals surface area (Å²) in [6.07, 6.45) is 3.01. The summed E-state index contributed by atoms with van der Waals surface area (Å²) in [7, 11) is 0. The first-order valence-corrected chi connectivity index (χ1v) is 5.51. The van der Waals surface area contributed by atoms with E-state index in [1.165, 1.54) is 0 Å². The second-order valence-corrected chi connectivity index (χ2v) is 3.97. The van der Waals surface area contributed by atoms with Gasteiger partial charge >= 0.3 is 0 Å². The summed E-state index contributed by atoms with van der Waals surface area (Å²) in [6, 6.07) is 8.01. The lowest BCUT2D eigenvalue weighted by atomic mass is 10.2. The van der Waals surface area contributed by atoms with Gasteiger partial charge in [-0.1, -0.05) is 18.2 Å². The molecule has 1 atom stereocenters. The summed E-state index contributed by atoms with van der Waals surface area (Å²) >= 11 is 0. The van der Waals surface area contributed by atoms with Crippen LogP contribution in [0.4, 0.5) is 0 Å². The maximum absolute atomic E-state index is 5.85. The topological polar surface area (TPSA) is 47.0 Å². The minimum Gasteiger partial charge on any atom is -0.471 e. The lowest BCUT2D eigenvalue weighted by Crippen LogP contribution is -2.20. The zero-order valence-electron chi connectivity index (χ0n) is 8.89. The first-order valence-electron chi connectivity index (χ1n) is 5.51. The van der Waals surface area contributed by atoms with Gasteiger partial charge in [-0.05, 0) is 19.0 Å². The van der Waals surface area contributed by atoms with Gasteiger partial charge < -0.3 is 10.1 Å². The van der Waals surface area contributed by atoms with Gasteiger partial charge in [0.1, 0.15) is 6.10 Å². The molecule has 0 unspecified atom stereocenters. The normalized spacial score (nSPS) is 20.1. The molecule has 1 aliphatic rings. The van der Waals surface area contributed by atoms with E-state index in [0.29, 0.717) is 5.88 Å². The van der Waals surface area contributed by atoms with Crippen LogP contribution >= 0.6 is 0 Å². The van der Waals surface area contributed by atoms with Crippen molar-refractivity contribution < 1.29 is 4.74 Å². The molecule has 1 fully saturated rings. The molecule has 0 radical (unpaired) electrons. The zero-order valence-corrected chi connectivity index (χ0v) is 8.89. The summed E-state index contributed by atoms with van der Waals surface area (Å²) in [6.45, 7) is 1.91. The van der Waals surface area contributed by atoms with E-state index in [9.17, 15) is 0 Å². The fourth-order valence-electron chi connectivity index (χ4n) is 1.98. The van der Waals surface area contributed by atoms with Gasteiger partial charge in [0, 0.05) is 17.3 Å². The molecular formula is C12H13N3O. The van der Waals surface area contributed by atoms with Crippen LogP contribution in [0.1, 0.15) is 6.42 Å². The van der Waals surface area contributed by atoms with Crippen LogP contribution in [0.2, 0.25) is 0 Å². The summed E-state index contributed by atoms with van der Waals surface area (Å²) in [5.74, 6) is 0.645. The van der Waals surface area contributed by atoms with Crippen LogP contribution < -0.4 is 10.1 Å². The Morgan fingerprint density at radius 2 is 2.25 bits per heavy atom. The van der Waals surface area contributed by atoms with Crippen molar-refractivity contribution in [2.24, 2.45) is 0 Å². The van der Waals surface area contributed by atoms with E-state index in [1.54, 1.807) is 6.20 Å². The van der Waals surface area contributed by atoms with Crippen molar-refractivity contribution >= 4 is 10.8 Å². The molecule has 1 aromatic heterocycles. The molecule has 1 N–H and O–H groups in total. The van der Waals surface area contributed by atoms with Crippen LogP contribution in [-0.4, -0.2) is 29.4 Å². The van der Waals surface area contributed by atoms with Crippen molar-refractivity contribution in [1.29, 1.82) is 0 Å². The predicted molar refractivity (Wildman–Crippen MR) is 61.4 cm³/mol. The summed E-state index contributed by atoms with van der Waals surface area (Å²) in [5, 5.41) is 13.4. The zero-order chi connectivity index (χ0) is 10.8. The van der Waals surface area contributed by atoms with Gasteiger partial charge in [0.05, 0.1) is 6.20 Å². The van der Waals surface area contributed by atoms with Gasteiger partial charge in [-0.3, -0.25) is 0 Å². The second kappa shape index (κ2) is 4.06. The van der Waals surface area contributed by atoms with Gasteiger partial charge in [0.25, 0.3) is 0 Å². The van der Waals surface area contributed by atoms with Crippen LogP contribution in [0, 0.1) is 0 Å². The van der Waals surface area contributed by atoms with E-state index in [-0.39, 0.29) is 6.10 Å². The first kappa shape index (κ1) is 9.54.